The predicted molar refractivity (Wildman–Crippen MR) is 130 cm³/mol. The van der Waals surface area contributed by atoms with Gasteiger partial charge in [-0.1, -0.05) is 24.3 Å². The van der Waals surface area contributed by atoms with Crippen LogP contribution in [0.1, 0.15) is 35.8 Å². The molecule has 29 heavy (non-hydrogen) atoms. The van der Waals surface area contributed by atoms with Crippen LogP contribution >= 0.6 is 24.0 Å². The number of benzene rings is 1. The summed E-state index contributed by atoms with van der Waals surface area (Å²) in [7, 11) is 5.90. The van der Waals surface area contributed by atoms with E-state index in [1.165, 1.54) is 37.1 Å². The smallest absolute Gasteiger partial charge is 0.191 e. The number of rotatable bonds is 8. The molecule has 0 amide bonds. The zero-order valence-corrected chi connectivity index (χ0v) is 20.1. The molecule has 1 saturated heterocycles. The lowest BCUT2D eigenvalue weighted by Crippen LogP contribution is -2.41. The van der Waals surface area contributed by atoms with Crippen molar-refractivity contribution in [1.29, 1.82) is 0 Å². The Morgan fingerprint density at radius 2 is 1.79 bits per heavy atom. The first kappa shape index (κ1) is 23.7. The zero-order chi connectivity index (χ0) is 19.8. The van der Waals surface area contributed by atoms with Crippen molar-refractivity contribution >= 4 is 29.9 Å². The second-order valence-corrected chi connectivity index (χ2v) is 7.60. The van der Waals surface area contributed by atoms with Crippen molar-refractivity contribution in [3.05, 3.63) is 59.5 Å². The summed E-state index contributed by atoms with van der Waals surface area (Å²) in [5.74, 6) is 1.74. The molecule has 0 spiro atoms. The lowest BCUT2D eigenvalue weighted by atomic mass is 10.1. The first-order valence-corrected chi connectivity index (χ1v) is 10.1. The summed E-state index contributed by atoms with van der Waals surface area (Å²) < 4.78 is 5.57. The van der Waals surface area contributed by atoms with Crippen LogP contribution in [0.4, 0.5) is 0 Å². The Kier molecular flexibility index (Phi) is 9.96. The number of guanidine groups is 1. The molecule has 1 atom stereocenters. The summed E-state index contributed by atoms with van der Waals surface area (Å²) in [6.45, 7) is 5.00. The molecule has 2 aromatic rings. The normalized spacial score (nSPS) is 15.9. The highest BCUT2D eigenvalue weighted by Crippen LogP contribution is 2.17. The van der Waals surface area contributed by atoms with Crippen LogP contribution in [0.2, 0.25) is 0 Å². The average molecular weight is 511 g/mol. The monoisotopic (exact) mass is 511 g/mol. The molecule has 2 heterocycles. The van der Waals surface area contributed by atoms with Crippen molar-refractivity contribution in [1.82, 2.24) is 20.4 Å². The van der Waals surface area contributed by atoms with Gasteiger partial charge in [0.2, 0.25) is 0 Å². The van der Waals surface area contributed by atoms with Gasteiger partial charge in [0.1, 0.15) is 5.76 Å². The van der Waals surface area contributed by atoms with Gasteiger partial charge in [0.15, 0.2) is 5.96 Å². The Bertz CT molecular complexity index is 724. The van der Waals surface area contributed by atoms with Crippen molar-refractivity contribution in [3.8, 4) is 0 Å². The summed E-state index contributed by atoms with van der Waals surface area (Å²) in [5.41, 5.74) is 2.64. The van der Waals surface area contributed by atoms with Crippen LogP contribution in [-0.2, 0) is 13.1 Å². The molecule has 1 aromatic carbocycles. The molecule has 1 fully saturated rings. The minimum atomic E-state index is 0. The Morgan fingerprint density at radius 1 is 1.10 bits per heavy atom. The van der Waals surface area contributed by atoms with E-state index in [0.29, 0.717) is 0 Å². The van der Waals surface area contributed by atoms with Crippen LogP contribution in [0.15, 0.2) is 52.1 Å². The summed E-state index contributed by atoms with van der Waals surface area (Å²) >= 11 is 0. The minimum absolute atomic E-state index is 0. The van der Waals surface area contributed by atoms with Gasteiger partial charge in [0.05, 0.1) is 12.3 Å². The highest BCUT2D eigenvalue weighted by atomic mass is 127. The van der Waals surface area contributed by atoms with Crippen molar-refractivity contribution in [2.45, 2.75) is 32.0 Å². The second-order valence-electron chi connectivity index (χ2n) is 7.60. The largest absolute Gasteiger partial charge is 0.468 e. The van der Waals surface area contributed by atoms with E-state index >= 15 is 0 Å². The fourth-order valence-electron chi connectivity index (χ4n) is 3.58. The maximum absolute atomic E-state index is 5.57. The number of likely N-dealkylation sites (N-methyl/N-ethyl adjacent to an activating group) is 1. The molecule has 160 valence electrons. The summed E-state index contributed by atoms with van der Waals surface area (Å²) in [6.07, 6.45) is 4.39. The molecule has 3 rings (SSSR count). The first-order valence-electron chi connectivity index (χ1n) is 10.1. The Labute approximate surface area is 191 Å². The van der Waals surface area contributed by atoms with E-state index in [9.17, 15) is 0 Å². The molecule has 0 bridgehead atoms. The van der Waals surface area contributed by atoms with Gasteiger partial charge >= 0.3 is 0 Å². The van der Waals surface area contributed by atoms with E-state index in [-0.39, 0.29) is 30.0 Å². The Balaban J connectivity index is 0.00000300. The number of hydrogen-bond acceptors (Lipinski definition) is 4. The lowest BCUT2D eigenvalue weighted by Gasteiger charge is -2.23. The van der Waals surface area contributed by atoms with Gasteiger partial charge in [0, 0.05) is 26.7 Å². The molecule has 1 aliphatic heterocycles. The van der Waals surface area contributed by atoms with E-state index in [2.05, 4.69) is 63.8 Å². The highest BCUT2D eigenvalue weighted by molar-refractivity contribution is 14.0. The minimum Gasteiger partial charge on any atom is -0.468 e. The fraction of sp³-hybridized carbons (Fsp3) is 0.500. The van der Waals surface area contributed by atoms with Crippen LogP contribution in [0.5, 0.6) is 0 Å². The van der Waals surface area contributed by atoms with E-state index in [1.54, 1.807) is 13.3 Å². The zero-order valence-electron chi connectivity index (χ0n) is 17.7. The summed E-state index contributed by atoms with van der Waals surface area (Å²) in [5, 5.41) is 6.80. The predicted octanol–water partition coefficient (Wildman–Crippen LogP) is 3.46. The van der Waals surface area contributed by atoms with Gasteiger partial charge in [-0.05, 0) is 63.3 Å². The SMILES string of the molecule is CN=C(NCc1ccc(CN2CCCC2)cc1)NCC(c1ccco1)N(C)C.I. The van der Waals surface area contributed by atoms with Gasteiger partial charge in [-0.2, -0.15) is 0 Å². The van der Waals surface area contributed by atoms with E-state index < -0.39 is 0 Å². The van der Waals surface area contributed by atoms with Crippen LogP contribution in [-0.4, -0.2) is 56.5 Å². The van der Waals surface area contributed by atoms with Gasteiger partial charge in [0.25, 0.3) is 0 Å². The number of nitrogens with zero attached hydrogens (tertiary/aromatic N) is 3. The molecule has 1 aromatic heterocycles. The van der Waals surface area contributed by atoms with Gasteiger partial charge < -0.3 is 15.1 Å². The molecular formula is C22H34IN5O. The number of nitrogens with one attached hydrogen (secondary N) is 2. The van der Waals surface area contributed by atoms with Gasteiger partial charge in [-0.25, -0.2) is 0 Å². The molecule has 2 N–H and O–H groups in total. The van der Waals surface area contributed by atoms with Crippen molar-refractivity contribution < 1.29 is 4.42 Å². The fourth-order valence-corrected chi connectivity index (χ4v) is 3.58. The lowest BCUT2D eigenvalue weighted by molar-refractivity contribution is 0.258. The molecule has 7 heteroatoms. The second kappa shape index (κ2) is 12.2. The van der Waals surface area contributed by atoms with E-state index in [4.69, 9.17) is 4.42 Å². The molecule has 6 nitrogen and oxygen atoms in total. The number of likely N-dealkylation sites (tertiary alicyclic amines) is 1. The van der Waals surface area contributed by atoms with Crippen molar-refractivity contribution in [3.63, 3.8) is 0 Å². The molecule has 1 unspecified atom stereocenters. The van der Waals surface area contributed by atoms with E-state index in [1.807, 2.05) is 12.1 Å². The first-order chi connectivity index (χ1) is 13.7. The maximum atomic E-state index is 5.57. The highest BCUT2D eigenvalue weighted by Gasteiger charge is 2.17. The Morgan fingerprint density at radius 3 is 2.38 bits per heavy atom. The molecular weight excluding hydrogens is 477 g/mol. The van der Waals surface area contributed by atoms with Crippen LogP contribution in [0.25, 0.3) is 0 Å². The third-order valence-corrected chi connectivity index (χ3v) is 5.27. The third-order valence-electron chi connectivity index (χ3n) is 5.27. The Hall–Kier alpha value is -1.58. The third kappa shape index (κ3) is 7.31. The van der Waals surface area contributed by atoms with Crippen molar-refractivity contribution in [2.24, 2.45) is 4.99 Å². The quantitative estimate of drug-likeness (QED) is 0.323. The standard InChI is InChI=1S/C22H33N5O.HI/c1-23-22(25-16-20(26(2)3)21-7-6-14-28-21)24-15-18-8-10-19(11-9-18)17-27-12-4-5-13-27;/h6-11,14,20H,4-5,12-13,15-17H2,1-3H3,(H2,23,24,25);1H. The molecule has 0 saturated carbocycles. The molecule has 0 radical (unpaired) electrons. The van der Waals surface area contributed by atoms with Crippen LogP contribution < -0.4 is 10.6 Å². The van der Waals surface area contributed by atoms with Crippen LogP contribution in [0.3, 0.4) is 0 Å². The van der Waals surface area contributed by atoms with Gasteiger partial charge in [-0.15, -0.1) is 24.0 Å². The molecule has 0 aliphatic carbocycles. The number of halogens is 1. The van der Waals surface area contributed by atoms with Gasteiger partial charge in [-0.3, -0.25) is 14.8 Å². The average Bonchev–Trinajstić information content (AvgIpc) is 3.40. The summed E-state index contributed by atoms with van der Waals surface area (Å²) in [4.78, 5) is 9.00. The van der Waals surface area contributed by atoms with E-state index in [0.717, 1.165) is 31.4 Å². The van der Waals surface area contributed by atoms with Crippen LogP contribution in [0, 0.1) is 0 Å². The topological polar surface area (TPSA) is 56.0 Å². The van der Waals surface area contributed by atoms with Crippen molar-refractivity contribution in [2.75, 3.05) is 40.8 Å². The molecule has 1 aliphatic rings. The summed E-state index contributed by atoms with van der Waals surface area (Å²) in [6, 6.07) is 13.0. The number of hydrogen-bond donors (Lipinski definition) is 2. The maximum Gasteiger partial charge on any atom is 0.191 e. The number of aliphatic imine (C=N–C) groups is 1. The number of furan rings is 1.